The van der Waals surface area contributed by atoms with Crippen LogP contribution in [0.4, 0.5) is 0 Å². The summed E-state index contributed by atoms with van der Waals surface area (Å²) in [5.74, 6) is 0.722. The zero-order valence-corrected chi connectivity index (χ0v) is 13.9. The van der Waals surface area contributed by atoms with Crippen molar-refractivity contribution in [1.29, 1.82) is 0 Å². The van der Waals surface area contributed by atoms with Crippen LogP contribution in [0.3, 0.4) is 0 Å². The normalized spacial score (nSPS) is 24.7. The number of amides is 1. The van der Waals surface area contributed by atoms with Gasteiger partial charge in [-0.15, -0.1) is 0 Å². The van der Waals surface area contributed by atoms with Gasteiger partial charge in [0.15, 0.2) is 0 Å². The Balaban J connectivity index is 1.60. The fraction of sp³-hybridized carbons (Fsp3) is 0.526. The standard InChI is InChI=1S/C19H24N2O2/c1-12-8-15-16(11-23-18(15)9-13(12)2)19(22)21-7-5-17-14(10-21)4-3-6-20-17/h8-9,11,14,17,20H,3-7,10H2,1-2H3/t14-,17+/m1/s1. The third kappa shape index (κ3) is 2.55. The fourth-order valence-electron chi connectivity index (χ4n) is 4.05. The molecule has 2 fully saturated rings. The number of carbonyl (C=O) groups excluding carboxylic acids is 1. The number of hydrogen-bond donors (Lipinski definition) is 1. The summed E-state index contributed by atoms with van der Waals surface area (Å²) in [6.07, 6.45) is 5.14. The molecule has 0 radical (unpaired) electrons. The Morgan fingerprint density at radius 1 is 1.26 bits per heavy atom. The molecular weight excluding hydrogens is 288 g/mol. The number of aryl methyl sites for hydroxylation is 2. The van der Waals surface area contributed by atoms with E-state index in [4.69, 9.17) is 4.42 Å². The van der Waals surface area contributed by atoms with Crippen molar-refractivity contribution in [1.82, 2.24) is 10.2 Å². The number of nitrogens with one attached hydrogen (secondary N) is 1. The van der Waals surface area contributed by atoms with Crippen LogP contribution in [0.15, 0.2) is 22.8 Å². The van der Waals surface area contributed by atoms with Crippen LogP contribution in [0.1, 0.15) is 40.7 Å². The predicted molar refractivity (Wildman–Crippen MR) is 90.7 cm³/mol. The lowest BCUT2D eigenvalue weighted by atomic mass is 9.85. The minimum Gasteiger partial charge on any atom is -0.463 e. The van der Waals surface area contributed by atoms with E-state index in [9.17, 15) is 4.79 Å². The summed E-state index contributed by atoms with van der Waals surface area (Å²) < 4.78 is 5.64. The van der Waals surface area contributed by atoms with Crippen molar-refractivity contribution in [2.45, 2.75) is 39.2 Å². The topological polar surface area (TPSA) is 45.5 Å². The second-order valence-electron chi connectivity index (χ2n) is 7.08. The van der Waals surface area contributed by atoms with Gasteiger partial charge in [0.25, 0.3) is 5.91 Å². The minimum atomic E-state index is 0.121. The number of likely N-dealkylation sites (tertiary alicyclic amines) is 1. The van der Waals surface area contributed by atoms with E-state index >= 15 is 0 Å². The van der Waals surface area contributed by atoms with E-state index in [0.717, 1.165) is 37.0 Å². The summed E-state index contributed by atoms with van der Waals surface area (Å²) >= 11 is 0. The molecule has 2 aromatic rings. The molecule has 4 nitrogen and oxygen atoms in total. The molecule has 23 heavy (non-hydrogen) atoms. The van der Waals surface area contributed by atoms with Crippen LogP contribution in [-0.4, -0.2) is 36.5 Å². The van der Waals surface area contributed by atoms with Crippen LogP contribution in [0.25, 0.3) is 11.0 Å². The Hall–Kier alpha value is -1.81. The molecule has 122 valence electrons. The van der Waals surface area contributed by atoms with Crippen molar-refractivity contribution in [3.63, 3.8) is 0 Å². The molecule has 1 aromatic heterocycles. The lowest BCUT2D eigenvalue weighted by Crippen LogP contribution is -2.53. The summed E-state index contributed by atoms with van der Waals surface area (Å²) in [5.41, 5.74) is 3.92. The molecule has 1 amide bonds. The van der Waals surface area contributed by atoms with Gasteiger partial charge in [-0.05, 0) is 68.8 Å². The van der Waals surface area contributed by atoms with Gasteiger partial charge in [0.2, 0.25) is 0 Å². The lowest BCUT2D eigenvalue weighted by Gasteiger charge is -2.41. The van der Waals surface area contributed by atoms with Crippen LogP contribution < -0.4 is 5.32 Å². The van der Waals surface area contributed by atoms with Gasteiger partial charge in [0.1, 0.15) is 11.8 Å². The van der Waals surface area contributed by atoms with Gasteiger partial charge < -0.3 is 14.6 Å². The van der Waals surface area contributed by atoms with E-state index in [2.05, 4.69) is 25.2 Å². The maximum atomic E-state index is 13.0. The SMILES string of the molecule is Cc1cc2occ(C(=O)N3CC[C@@H]4NCCC[C@@H]4C3)c2cc1C. The zero-order valence-electron chi connectivity index (χ0n) is 13.9. The molecule has 2 atom stereocenters. The molecule has 0 saturated carbocycles. The third-order valence-corrected chi connectivity index (χ3v) is 5.60. The Labute approximate surface area is 136 Å². The third-order valence-electron chi connectivity index (χ3n) is 5.60. The summed E-state index contributed by atoms with van der Waals surface area (Å²) in [5, 5.41) is 4.55. The fourth-order valence-corrected chi connectivity index (χ4v) is 4.05. The number of fused-ring (bicyclic) bond motifs is 2. The predicted octanol–water partition coefficient (Wildman–Crippen LogP) is 3.26. The van der Waals surface area contributed by atoms with E-state index in [-0.39, 0.29) is 5.91 Å². The number of nitrogens with zero attached hydrogens (tertiary/aromatic N) is 1. The van der Waals surface area contributed by atoms with Crippen molar-refractivity contribution in [3.05, 3.63) is 35.1 Å². The van der Waals surface area contributed by atoms with Gasteiger partial charge in [-0.2, -0.15) is 0 Å². The smallest absolute Gasteiger partial charge is 0.257 e. The van der Waals surface area contributed by atoms with E-state index in [1.807, 2.05) is 11.0 Å². The van der Waals surface area contributed by atoms with Crippen LogP contribution >= 0.6 is 0 Å². The van der Waals surface area contributed by atoms with Gasteiger partial charge in [-0.3, -0.25) is 4.79 Å². The molecule has 3 heterocycles. The van der Waals surface area contributed by atoms with Crippen molar-refractivity contribution in [3.8, 4) is 0 Å². The Morgan fingerprint density at radius 3 is 2.96 bits per heavy atom. The van der Waals surface area contributed by atoms with Gasteiger partial charge in [-0.1, -0.05) is 0 Å². The second kappa shape index (κ2) is 5.68. The molecular formula is C19H24N2O2. The monoisotopic (exact) mass is 312 g/mol. The number of hydrogen-bond acceptors (Lipinski definition) is 3. The molecule has 2 saturated heterocycles. The Bertz CT molecular complexity index is 749. The Morgan fingerprint density at radius 2 is 2.09 bits per heavy atom. The molecule has 0 bridgehead atoms. The molecule has 4 rings (SSSR count). The first-order valence-corrected chi connectivity index (χ1v) is 8.64. The van der Waals surface area contributed by atoms with Gasteiger partial charge >= 0.3 is 0 Å². The largest absolute Gasteiger partial charge is 0.463 e. The summed E-state index contributed by atoms with van der Waals surface area (Å²) in [6.45, 7) is 6.98. The highest BCUT2D eigenvalue weighted by molar-refractivity contribution is 6.06. The van der Waals surface area contributed by atoms with Crippen LogP contribution in [0.2, 0.25) is 0 Å². The highest BCUT2D eigenvalue weighted by Crippen LogP contribution is 2.29. The molecule has 2 aliphatic heterocycles. The Kier molecular flexibility index (Phi) is 3.64. The minimum absolute atomic E-state index is 0.121. The first-order valence-electron chi connectivity index (χ1n) is 8.64. The highest BCUT2D eigenvalue weighted by atomic mass is 16.3. The number of piperidine rings is 2. The number of benzene rings is 1. The van der Waals surface area contributed by atoms with Crippen LogP contribution in [0, 0.1) is 19.8 Å². The van der Waals surface area contributed by atoms with Crippen molar-refractivity contribution in [2.24, 2.45) is 5.92 Å². The summed E-state index contributed by atoms with van der Waals surface area (Å²) in [7, 11) is 0. The van der Waals surface area contributed by atoms with Crippen LogP contribution in [0.5, 0.6) is 0 Å². The molecule has 1 N–H and O–H groups in total. The maximum Gasteiger partial charge on any atom is 0.257 e. The number of carbonyl (C=O) groups is 1. The molecule has 4 heteroatoms. The van der Waals surface area contributed by atoms with Crippen molar-refractivity contribution >= 4 is 16.9 Å². The van der Waals surface area contributed by atoms with Crippen molar-refractivity contribution in [2.75, 3.05) is 19.6 Å². The summed E-state index contributed by atoms with van der Waals surface area (Å²) in [4.78, 5) is 15.0. The first-order chi connectivity index (χ1) is 11.1. The maximum absolute atomic E-state index is 13.0. The highest BCUT2D eigenvalue weighted by Gasteiger charge is 2.33. The van der Waals surface area contributed by atoms with Gasteiger partial charge in [0.05, 0.1) is 5.56 Å². The molecule has 1 aromatic carbocycles. The second-order valence-corrected chi connectivity index (χ2v) is 7.08. The van der Waals surface area contributed by atoms with E-state index in [1.54, 1.807) is 6.26 Å². The van der Waals surface area contributed by atoms with E-state index in [1.165, 1.54) is 24.0 Å². The average molecular weight is 312 g/mol. The summed E-state index contributed by atoms with van der Waals surface area (Å²) in [6, 6.07) is 4.70. The van der Waals surface area contributed by atoms with E-state index in [0.29, 0.717) is 17.5 Å². The molecule has 0 aliphatic carbocycles. The van der Waals surface area contributed by atoms with Gasteiger partial charge in [-0.25, -0.2) is 0 Å². The number of furan rings is 1. The van der Waals surface area contributed by atoms with Crippen molar-refractivity contribution < 1.29 is 9.21 Å². The van der Waals surface area contributed by atoms with Crippen LogP contribution in [-0.2, 0) is 0 Å². The van der Waals surface area contributed by atoms with E-state index < -0.39 is 0 Å². The lowest BCUT2D eigenvalue weighted by molar-refractivity contribution is 0.0594. The number of rotatable bonds is 1. The first kappa shape index (κ1) is 14.8. The molecule has 0 unspecified atom stereocenters. The van der Waals surface area contributed by atoms with Gasteiger partial charge in [0, 0.05) is 24.5 Å². The molecule has 0 spiro atoms. The average Bonchev–Trinajstić information content (AvgIpc) is 2.97. The quantitative estimate of drug-likeness (QED) is 0.879. The molecule has 2 aliphatic rings. The zero-order chi connectivity index (χ0) is 16.0.